The van der Waals surface area contributed by atoms with Crippen molar-refractivity contribution in [3.63, 3.8) is 0 Å². The summed E-state index contributed by atoms with van der Waals surface area (Å²) in [7, 11) is 3.03. The van der Waals surface area contributed by atoms with Crippen molar-refractivity contribution in [1.29, 1.82) is 0 Å². The Morgan fingerprint density at radius 1 is 1.00 bits per heavy atom. The number of anilines is 1. The molecule has 1 fully saturated rings. The largest absolute Gasteiger partial charge is 0.462 e. The third kappa shape index (κ3) is 6.84. The zero-order valence-electron chi connectivity index (χ0n) is 18.6. The van der Waals surface area contributed by atoms with Crippen molar-refractivity contribution in [3.05, 3.63) is 28.8 Å². The van der Waals surface area contributed by atoms with Gasteiger partial charge in [0.15, 0.2) is 23.3 Å². The number of benzene rings is 1. The number of carbonyl (C=O) groups excluding carboxylic acids is 1. The van der Waals surface area contributed by atoms with Crippen LogP contribution in [-0.2, 0) is 21.1 Å². The maximum Gasteiger partial charge on any atom is 0.344 e. The number of rotatable bonds is 11. The van der Waals surface area contributed by atoms with Crippen molar-refractivity contribution < 1.29 is 31.6 Å². The number of nitrogens with two attached hydrogens (primary N) is 2. The van der Waals surface area contributed by atoms with E-state index in [1.165, 1.54) is 23.7 Å². The van der Waals surface area contributed by atoms with Gasteiger partial charge in [0.05, 0.1) is 13.2 Å². The lowest BCUT2D eigenvalue weighted by Gasteiger charge is -2.32. The van der Waals surface area contributed by atoms with Crippen LogP contribution in [0.2, 0.25) is 0 Å². The molecule has 0 spiro atoms. The molecule has 1 aliphatic rings. The van der Waals surface area contributed by atoms with Gasteiger partial charge >= 0.3 is 5.97 Å². The molecule has 0 aliphatic heterocycles. The lowest BCUT2D eigenvalue weighted by molar-refractivity contribution is 0.0480. The number of carbonyl (C=O) groups is 1. The molecular weight excluding hydrogens is 485 g/mol. The van der Waals surface area contributed by atoms with Gasteiger partial charge in [-0.3, -0.25) is 11.7 Å². The highest BCUT2D eigenvalue weighted by Gasteiger charge is 2.31. The first kappa shape index (κ1) is 27.9. The first-order chi connectivity index (χ1) is 15.5. The van der Waals surface area contributed by atoms with Crippen molar-refractivity contribution in [3.8, 4) is 0 Å². The molecule has 0 heterocycles. The molecule has 2 rings (SSSR count). The van der Waals surface area contributed by atoms with Crippen molar-refractivity contribution in [2.75, 3.05) is 32.6 Å². The van der Waals surface area contributed by atoms with Gasteiger partial charge in [0, 0.05) is 20.1 Å². The topological polar surface area (TPSA) is 106 Å². The number of hydrazine groups is 2. The van der Waals surface area contributed by atoms with E-state index in [1.807, 2.05) is 0 Å². The molecule has 188 valence electrons. The van der Waals surface area contributed by atoms with Crippen LogP contribution >= 0.6 is 6.57 Å². The molecule has 8 nitrogen and oxygen atoms in total. The molecule has 33 heavy (non-hydrogen) atoms. The molecule has 0 atom stereocenters. The molecule has 1 saturated carbocycles. The second-order valence-corrected chi connectivity index (χ2v) is 11.7. The van der Waals surface area contributed by atoms with E-state index < -0.39 is 47.1 Å². The average Bonchev–Trinajstić information content (AvgIpc) is 2.78. The molecule has 0 radical (unpaired) electrons. The summed E-state index contributed by atoms with van der Waals surface area (Å²) in [4.78, 5) is 12.1. The van der Waals surface area contributed by atoms with Crippen molar-refractivity contribution in [1.82, 2.24) is 9.56 Å². The number of hydrogen-bond donors (Lipinski definition) is 3. The second-order valence-electron chi connectivity index (χ2n) is 7.80. The van der Waals surface area contributed by atoms with Crippen molar-refractivity contribution in [2.24, 2.45) is 11.7 Å². The molecule has 0 aromatic heterocycles. The molecule has 5 N–H and O–H groups in total. The second kappa shape index (κ2) is 12.4. The molecule has 1 aromatic carbocycles. The van der Waals surface area contributed by atoms with E-state index in [0.29, 0.717) is 19.3 Å². The molecule has 0 unspecified atom stereocenters. The summed E-state index contributed by atoms with van der Waals surface area (Å²) in [6, 6.07) is -0.295. The van der Waals surface area contributed by atoms with Gasteiger partial charge in [-0.05, 0) is 37.5 Å². The number of halogens is 4. The van der Waals surface area contributed by atoms with Crippen LogP contribution in [0.4, 0.5) is 23.2 Å². The van der Waals surface area contributed by atoms with Gasteiger partial charge in [-0.25, -0.2) is 22.4 Å². The number of esters is 1. The Labute approximate surface area is 195 Å². The van der Waals surface area contributed by atoms with E-state index in [1.54, 1.807) is 0 Å². The van der Waals surface area contributed by atoms with E-state index in [0.717, 1.165) is 19.3 Å². The summed E-state index contributed by atoms with van der Waals surface area (Å²) < 4.78 is 70.5. The Morgan fingerprint density at radius 2 is 1.52 bits per heavy atom. The maximum atomic E-state index is 14.4. The van der Waals surface area contributed by atoms with Crippen molar-refractivity contribution >= 4 is 30.0 Å². The highest BCUT2D eigenvalue weighted by Crippen LogP contribution is 2.48. The minimum atomic E-state index is -2.76. The normalized spacial score (nSPS) is 15.3. The maximum absolute atomic E-state index is 14.4. The summed E-state index contributed by atoms with van der Waals surface area (Å²) in [5, 5.41) is 2.53. The predicted molar refractivity (Wildman–Crippen MR) is 120 cm³/mol. The zero-order chi connectivity index (χ0) is 24.8. The fraction of sp³-hybridized carbons (Fsp3) is 0.632. The van der Waals surface area contributed by atoms with Gasteiger partial charge in [-0.2, -0.15) is 9.56 Å². The Bertz CT molecular complexity index is 846. The number of nitrogens with zero attached hydrogens (tertiary/aromatic N) is 2. The molecule has 1 aliphatic carbocycles. The minimum Gasteiger partial charge on any atom is -0.462 e. The predicted octanol–water partition coefficient (Wildman–Crippen LogP) is 3.78. The summed E-state index contributed by atoms with van der Waals surface area (Å²) >= 11 is 5.29. The van der Waals surface area contributed by atoms with E-state index in [4.69, 9.17) is 32.8 Å². The highest BCUT2D eigenvalue weighted by molar-refractivity contribution is 8.09. The Morgan fingerprint density at radius 3 is 2.03 bits per heavy atom. The van der Waals surface area contributed by atoms with Gasteiger partial charge in [-0.15, -0.1) is 0 Å². The van der Waals surface area contributed by atoms with Gasteiger partial charge in [0.2, 0.25) is 6.57 Å². The van der Waals surface area contributed by atoms with Gasteiger partial charge in [-0.1, -0.05) is 19.3 Å². The summed E-state index contributed by atoms with van der Waals surface area (Å²) in [6.45, 7) is -2.89. The first-order valence-corrected chi connectivity index (χ1v) is 13.1. The van der Waals surface area contributed by atoms with E-state index >= 15 is 0 Å². The quantitative estimate of drug-likeness (QED) is 0.0772. The summed E-state index contributed by atoms with van der Waals surface area (Å²) in [5.41, 5.74) is -2.31. The number of unbranched alkanes of at least 4 members (excludes halogenated alkanes) is 1. The van der Waals surface area contributed by atoms with Crippen LogP contribution in [0.15, 0.2) is 0 Å². The Kier molecular flexibility index (Phi) is 10.5. The molecule has 0 amide bonds. The Balaban J connectivity index is 1.95. The van der Waals surface area contributed by atoms with Gasteiger partial charge in [0.1, 0.15) is 11.3 Å². The van der Waals surface area contributed by atoms with Gasteiger partial charge in [0.25, 0.3) is 0 Å². The SMILES string of the molecule is CN(N)P(=S)(OCCCCOC(=O)c1c(F)c(F)c(NC2CCCCC2)c(F)c1F)N(C)N. The zero-order valence-corrected chi connectivity index (χ0v) is 20.3. The number of ether oxygens (including phenoxy) is 1. The molecule has 0 bridgehead atoms. The standard InChI is InChI=1S/C19H30F4N5O3PS/c1-27(24)32(33,28(2)25)31-11-7-6-10-30-19(29)13-14(20)16(22)18(17(23)15(13)21)26-12-8-4-3-5-9-12/h12,26H,3-11,24-25H2,1-2H3. The van der Waals surface area contributed by atoms with Crippen LogP contribution in [0.1, 0.15) is 55.3 Å². The fourth-order valence-corrected chi connectivity index (χ4v) is 4.82. The summed E-state index contributed by atoms with van der Waals surface area (Å²) in [6.07, 6.45) is 4.54. The summed E-state index contributed by atoms with van der Waals surface area (Å²) in [5.74, 6) is 2.93. The monoisotopic (exact) mass is 515 g/mol. The van der Waals surface area contributed by atoms with E-state index in [2.05, 4.69) is 5.32 Å². The minimum absolute atomic E-state index is 0.130. The van der Waals surface area contributed by atoms with Crippen LogP contribution in [0.25, 0.3) is 0 Å². The first-order valence-electron chi connectivity index (χ1n) is 10.5. The smallest absolute Gasteiger partial charge is 0.344 e. The van der Waals surface area contributed by atoms with Crippen molar-refractivity contribution in [2.45, 2.75) is 51.0 Å². The Hall–Kier alpha value is -1.34. The molecule has 0 saturated heterocycles. The third-order valence-corrected chi connectivity index (χ3v) is 9.23. The van der Waals surface area contributed by atoms with E-state index in [-0.39, 0.29) is 25.7 Å². The van der Waals surface area contributed by atoms with Crippen LogP contribution in [-0.4, -0.2) is 48.9 Å². The molecule has 14 heteroatoms. The van der Waals surface area contributed by atoms with E-state index in [9.17, 15) is 22.4 Å². The van der Waals surface area contributed by atoms with Crippen LogP contribution in [0.5, 0.6) is 0 Å². The third-order valence-electron chi connectivity index (χ3n) is 5.25. The van der Waals surface area contributed by atoms with Crippen LogP contribution in [0.3, 0.4) is 0 Å². The van der Waals surface area contributed by atoms with Gasteiger partial charge < -0.3 is 14.6 Å². The van der Waals surface area contributed by atoms with Crippen LogP contribution in [0, 0.1) is 23.3 Å². The number of hydrogen-bond acceptors (Lipinski definition) is 7. The lowest BCUT2D eigenvalue weighted by atomic mass is 9.95. The molecular formula is C19H30F4N5O3PS. The average molecular weight is 516 g/mol. The highest BCUT2D eigenvalue weighted by atomic mass is 32.5. The number of nitrogens with one attached hydrogen (secondary N) is 1. The molecule has 1 aromatic rings. The fourth-order valence-electron chi connectivity index (χ4n) is 3.42. The lowest BCUT2D eigenvalue weighted by Crippen LogP contribution is -2.36. The van der Waals surface area contributed by atoms with Crippen LogP contribution < -0.4 is 17.0 Å².